The highest BCUT2D eigenvalue weighted by atomic mass is 32.2. The first-order valence-corrected chi connectivity index (χ1v) is 11.5. The monoisotopic (exact) mass is 483 g/mol. The van der Waals surface area contributed by atoms with E-state index in [4.69, 9.17) is 4.74 Å². The predicted octanol–water partition coefficient (Wildman–Crippen LogP) is 2.12. The molecule has 176 valence electrons. The molecular formula is C21H20F3N3O5S. The number of nitrogens with one attached hydrogen (secondary N) is 1. The van der Waals surface area contributed by atoms with Crippen LogP contribution in [-0.2, 0) is 24.3 Å². The van der Waals surface area contributed by atoms with E-state index in [1.807, 2.05) is 0 Å². The van der Waals surface area contributed by atoms with Gasteiger partial charge in [-0.3, -0.25) is 9.59 Å². The fraction of sp³-hybridized carbons (Fsp3) is 0.333. The zero-order chi connectivity index (χ0) is 23.8. The van der Waals surface area contributed by atoms with Crippen molar-refractivity contribution in [2.24, 2.45) is 5.92 Å². The molecule has 2 aromatic carbocycles. The van der Waals surface area contributed by atoms with Crippen LogP contribution in [0.4, 0.5) is 24.5 Å². The summed E-state index contributed by atoms with van der Waals surface area (Å²) >= 11 is 0. The van der Waals surface area contributed by atoms with E-state index >= 15 is 0 Å². The molecule has 2 heterocycles. The summed E-state index contributed by atoms with van der Waals surface area (Å²) in [5.41, 5.74) is -0.107. The van der Waals surface area contributed by atoms with Crippen molar-refractivity contribution < 1.29 is 35.9 Å². The number of ether oxygens (including phenoxy) is 1. The quantitative estimate of drug-likeness (QED) is 0.703. The first-order chi connectivity index (χ1) is 15.7. The lowest BCUT2D eigenvalue weighted by molar-refractivity contribution is -0.122. The molecule has 2 saturated heterocycles. The predicted molar refractivity (Wildman–Crippen MR) is 111 cm³/mol. The highest BCUT2D eigenvalue weighted by Gasteiger charge is 2.36. The van der Waals surface area contributed by atoms with Gasteiger partial charge in [-0.2, -0.15) is 4.31 Å². The van der Waals surface area contributed by atoms with Gasteiger partial charge in [0.2, 0.25) is 21.8 Å². The van der Waals surface area contributed by atoms with E-state index in [0.717, 1.165) is 33.5 Å². The number of sulfonamides is 1. The number of hydrogen-bond acceptors (Lipinski definition) is 5. The minimum atomic E-state index is -4.14. The number of amides is 2. The molecule has 2 aliphatic heterocycles. The molecule has 0 radical (unpaired) electrons. The molecule has 0 aromatic heterocycles. The van der Waals surface area contributed by atoms with E-state index in [9.17, 15) is 31.2 Å². The number of halogens is 3. The third-order valence-electron chi connectivity index (χ3n) is 5.48. The van der Waals surface area contributed by atoms with Crippen molar-refractivity contribution in [2.45, 2.75) is 11.3 Å². The third-order valence-corrected chi connectivity index (χ3v) is 7.40. The molecule has 2 fully saturated rings. The standard InChI is InChI=1S/C21H20F3N3O5S/c22-14-1-4-18(17(24)10-14)27-12-13(9-20(27)28)21(29)25-15-2-3-16(23)19(11-15)33(30,31)26-5-7-32-8-6-26/h1-4,10-11,13H,5-9,12H2,(H,25,29). The molecule has 1 N–H and O–H groups in total. The van der Waals surface area contributed by atoms with Crippen LogP contribution in [0.3, 0.4) is 0 Å². The molecule has 33 heavy (non-hydrogen) atoms. The van der Waals surface area contributed by atoms with Crippen LogP contribution in [-0.4, -0.2) is 57.4 Å². The highest BCUT2D eigenvalue weighted by Crippen LogP contribution is 2.29. The van der Waals surface area contributed by atoms with Crippen molar-refractivity contribution >= 4 is 33.2 Å². The number of anilines is 2. The molecule has 0 aliphatic carbocycles. The zero-order valence-corrected chi connectivity index (χ0v) is 18.1. The second-order valence-electron chi connectivity index (χ2n) is 7.65. The molecule has 0 bridgehead atoms. The van der Waals surface area contributed by atoms with Gasteiger partial charge < -0.3 is 15.0 Å². The van der Waals surface area contributed by atoms with Crippen molar-refractivity contribution in [3.8, 4) is 0 Å². The van der Waals surface area contributed by atoms with Crippen molar-refractivity contribution in [2.75, 3.05) is 43.1 Å². The number of rotatable bonds is 5. The molecule has 2 aliphatic rings. The normalized spacial score (nSPS) is 19.7. The number of carbonyl (C=O) groups excluding carboxylic acids is 2. The lowest BCUT2D eigenvalue weighted by Crippen LogP contribution is -2.41. The summed E-state index contributed by atoms with van der Waals surface area (Å²) in [4.78, 5) is 25.5. The molecule has 1 unspecified atom stereocenters. The van der Waals surface area contributed by atoms with Gasteiger partial charge in [0.05, 0.1) is 24.8 Å². The smallest absolute Gasteiger partial charge is 0.246 e. The van der Waals surface area contributed by atoms with E-state index in [1.165, 1.54) is 6.07 Å². The lowest BCUT2D eigenvalue weighted by atomic mass is 10.1. The minimum Gasteiger partial charge on any atom is -0.379 e. The first-order valence-electron chi connectivity index (χ1n) is 10.1. The second kappa shape index (κ2) is 9.12. The van der Waals surface area contributed by atoms with Gasteiger partial charge in [-0.15, -0.1) is 0 Å². The largest absolute Gasteiger partial charge is 0.379 e. The Hall–Kier alpha value is -2.96. The summed E-state index contributed by atoms with van der Waals surface area (Å²) in [7, 11) is -4.14. The van der Waals surface area contributed by atoms with Crippen molar-refractivity contribution in [1.29, 1.82) is 0 Å². The molecule has 2 amide bonds. The zero-order valence-electron chi connectivity index (χ0n) is 17.3. The maximum absolute atomic E-state index is 14.4. The Kier molecular flexibility index (Phi) is 6.41. The maximum atomic E-state index is 14.4. The summed E-state index contributed by atoms with van der Waals surface area (Å²) in [6, 6.07) is 5.93. The van der Waals surface area contributed by atoms with Crippen LogP contribution in [0.5, 0.6) is 0 Å². The second-order valence-corrected chi connectivity index (χ2v) is 9.56. The Morgan fingerprint density at radius 2 is 1.76 bits per heavy atom. The van der Waals surface area contributed by atoms with Gasteiger partial charge in [-0.05, 0) is 30.3 Å². The van der Waals surface area contributed by atoms with Gasteiger partial charge in [-0.1, -0.05) is 0 Å². The fourth-order valence-corrected chi connectivity index (χ4v) is 5.26. The summed E-state index contributed by atoms with van der Waals surface area (Å²) in [6.07, 6.45) is -0.219. The molecule has 4 rings (SSSR count). The third kappa shape index (κ3) is 4.72. The summed E-state index contributed by atoms with van der Waals surface area (Å²) in [5, 5.41) is 2.50. The topological polar surface area (TPSA) is 96.0 Å². The number of benzene rings is 2. The van der Waals surface area contributed by atoms with Crippen LogP contribution in [0.15, 0.2) is 41.3 Å². The summed E-state index contributed by atoms with van der Waals surface area (Å²) in [6.45, 7) is 0.403. The van der Waals surface area contributed by atoms with Gasteiger partial charge in [-0.25, -0.2) is 21.6 Å². The molecule has 0 saturated carbocycles. The average molecular weight is 483 g/mol. The van der Waals surface area contributed by atoms with Gasteiger partial charge in [0.15, 0.2) is 0 Å². The Morgan fingerprint density at radius 3 is 2.45 bits per heavy atom. The van der Waals surface area contributed by atoms with Gasteiger partial charge >= 0.3 is 0 Å². The fourth-order valence-electron chi connectivity index (χ4n) is 3.77. The maximum Gasteiger partial charge on any atom is 0.246 e. The van der Waals surface area contributed by atoms with Crippen molar-refractivity contribution in [3.63, 3.8) is 0 Å². The highest BCUT2D eigenvalue weighted by molar-refractivity contribution is 7.89. The molecule has 12 heteroatoms. The Balaban J connectivity index is 1.50. The Bertz CT molecular complexity index is 1200. The Labute approximate surface area is 188 Å². The van der Waals surface area contributed by atoms with Crippen LogP contribution in [0.2, 0.25) is 0 Å². The lowest BCUT2D eigenvalue weighted by Gasteiger charge is -2.26. The molecule has 1 atom stereocenters. The molecule has 8 nitrogen and oxygen atoms in total. The number of morpholine rings is 1. The van der Waals surface area contributed by atoms with Crippen molar-refractivity contribution in [3.05, 3.63) is 53.8 Å². The molecule has 2 aromatic rings. The molecule has 0 spiro atoms. The van der Waals surface area contributed by atoms with Gasteiger partial charge in [0.1, 0.15) is 22.3 Å². The van der Waals surface area contributed by atoms with Gasteiger partial charge in [0, 0.05) is 37.8 Å². The summed E-state index contributed by atoms with van der Waals surface area (Å²) in [5.74, 6) is -4.69. The number of carbonyl (C=O) groups is 2. The minimum absolute atomic E-state index is 0.0343. The SMILES string of the molecule is O=C(Nc1ccc(F)c(S(=O)(=O)N2CCOCC2)c1)C1CC(=O)N(c2ccc(F)cc2F)C1. The van der Waals surface area contributed by atoms with Crippen LogP contribution in [0.25, 0.3) is 0 Å². The number of nitrogens with zero attached hydrogens (tertiary/aromatic N) is 2. The van der Waals surface area contributed by atoms with E-state index in [0.29, 0.717) is 6.07 Å². The van der Waals surface area contributed by atoms with E-state index < -0.39 is 50.1 Å². The van der Waals surface area contributed by atoms with Crippen LogP contribution < -0.4 is 10.2 Å². The van der Waals surface area contributed by atoms with E-state index in [2.05, 4.69) is 5.32 Å². The van der Waals surface area contributed by atoms with E-state index in [-0.39, 0.29) is 50.6 Å². The average Bonchev–Trinajstić information content (AvgIpc) is 3.17. The summed E-state index contributed by atoms with van der Waals surface area (Å²) < 4.78 is 73.4. The van der Waals surface area contributed by atoms with E-state index in [1.54, 1.807) is 0 Å². The van der Waals surface area contributed by atoms with Crippen LogP contribution in [0, 0.1) is 23.4 Å². The first kappa shape index (κ1) is 23.2. The number of hydrogen-bond donors (Lipinski definition) is 1. The Morgan fingerprint density at radius 1 is 1.03 bits per heavy atom. The van der Waals surface area contributed by atoms with Crippen LogP contribution in [0.1, 0.15) is 6.42 Å². The molecular weight excluding hydrogens is 463 g/mol. The van der Waals surface area contributed by atoms with Crippen LogP contribution >= 0.6 is 0 Å². The van der Waals surface area contributed by atoms with Gasteiger partial charge in [0.25, 0.3) is 0 Å². The van der Waals surface area contributed by atoms with Crippen molar-refractivity contribution in [1.82, 2.24) is 4.31 Å².